The van der Waals surface area contributed by atoms with Crippen molar-refractivity contribution in [1.29, 1.82) is 0 Å². The second kappa shape index (κ2) is 6.79. The van der Waals surface area contributed by atoms with Crippen molar-refractivity contribution in [1.82, 2.24) is 4.90 Å². The van der Waals surface area contributed by atoms with Crippen LogP contribution in [0.2, 0.25) is 0 Å². The molecule has 0 amide bonds. The first-order valence-electron chi connectivity index (χ1n) is 7.47. The maximum Gasteiger partial charge on any atom is 0.393 e. The van der Waals surface area contributed by atoms with Crippen LogP contribution in [0, 0.1) is 11.8 Å². The summed E-state index contributed by atoms with van der Waals surface area (Å²) >= 11 is 0. The van der Waals surface area contributed by atoms with Gasteiger partial charge in [0, 0.05) is 19.1 Å². The van der Waals surface area contributed by atoms with Gasteiger partial charge in [0.15, 0.2) is 0 Å². The molecule has 118 valence electrons. The minimum absolute atomic E-state index is 0.106. The van der Waals surface area contributed by atoms with Crippen molar-refractivity contribution in [3.05, 3.63) is 35.9 Å². The van der Waals surface area contributed by atoms with Crippen molar-refractivity contribution in [2.75, 3.05) is 19.6 Å². The van der Waals surface area contributed by atoms with Crippen LogP contribution < -0.4 is 5.73 Å². The lowest BCUT2D eigenvalue weighted by Crippen LogP contribution is -2.44. The molecule has 1 aliphatic rings. The summed E-state index contributed by atoms with van der Waals surface area (Å²) in [6.45, 7) is 3.46. The molecule has 3 unspecified atom stereocenters. The van der Waals surface area contributed by atoms with Gasteiger partial charge in [0.05, 0.1) is 5.92 Å². The van der Waals surface area contributed by atoms with Gasteiger partial charge in [0.1, 0.15) is 0 Å². The fraction of sp³-hybridized carbons (Fsp3) is 0.625. The highest BCUT2D eigenvalue weighted by molar-refractivity contribution is 5.19. The van der Waals surface area contributed by atoms with Gasteiger partial charge in [0.2, 0.25) is 0 Å². The van der Waals surface area contributed by atoms with Gasteiger partial charge in [-0.05, 0) is 30.9 Å². The summed E-state index contributed by atoms with van der Waals surface area (Å²) in [5, 5.41) is 0. The van der Waals surface area contributed by atoms with E-state index >= 15 is 0 Å². The Hall–Kier alpha value is -1.07. The van der Waals surface area contributed by atoms with Crippen molar-refractivity contribution < 1.29 is 13.2 Å². The van der Waals surface area contributed by atoms with E-state index in [0.29, 0.717) is 13.0 Å². The minimum Gasteiger partial charge on any atom is -0.324 e. The van der Waals surface area contributed by atoms with Crippen LogP contribution in [0.15, 0.2) is 30.3 Å². The quantitative estimate of drug-likeness (QED) is 0.920. The molecular formula is C16H23F3N2. The average molecular weight is 300 g/mol. The van der Waals surface area contributed by atoms with Crippen molar-refractivity contribution in [2.45, 2.75) is 32.0 Å². The molecule has 1 fully saturated rings. The first-order valence-corrected chi connectivity index (χ1v) is 7.47. The zero-order valence-corrected chi connectivity index (χ0v) is 12.3. The third-order valence-corrected chi connectivity index (χ3v) is 4.31. The molecule has 1 saturated heterocycles. The van der Waals surface area contributed by atoms with E-state index in [1.165, 1.54) is 0 Å². The van der Waals surface area contributed by atoms with E-state index in [2.05, 4.69) is 0 Å². The maximum atomic E-state index is 12.8. The Balaban J connectivity index is 1.92. The third kappa shape index (κ3) is 4.45. The number of alkyl halides is 3. The summed E-state index contributed by atoms with van der Waals surface area (Å²) < 4.78 is 38.5. The molecule has 21 heavy (non-hydrogen) atoms. The second-order valence-corrected chi connectivity index (χ2v) is 6.05. The van der Waals surface area contributed by atoms with Crippen LogP contribution >= 0.6 is 0 Å². The second-order valence-electron chi connectivity index (χ2n) is 6.05. The molecule has 0 spiro atoms. The number of piperidine rings is 1. The Morgan fingerprint density at radius 1 is 1.29 bits per heavy atom. The van der Waals surface area contributed by atoms with Crippen LogP contribution in [0.5, 0.6) is 0 Å². The molecule has 0 bridgehead atoms. The van der Waals surface area contributed by atoms with Crippen molar-refractivity contribution >= 4 is 0 Å². The fourth-order valence-corrected chi connectivity index (χ4v) is 3.01. The van der Waals surface area contributed by atoms with E-state index in [1.807, 2.05) is 42.2 Å². The van der Waals surface area contributed by atoms with Gasteiger partial charge in [-0.15, -0.1) is 0 Å². The van der Waals surface area contributed by atoms with Crippen LogP contribution in [-0.4, -0.2) is 30.7 Å². The predicted octanol–water partition coefficient (Wildman–Crippen LogP) is 3.60. The number of hydrogen-bond donors (Lipinski definition) is 1. The topological polar surface area (TPSA) is 29.3 Å². The predicted molar refractivity (Wildman–Crippen MR) is 77.8 cm³/mol. The van der Waals surface area contributed by atoms with Gasteiger partial charge in [-0.1, -0.05) is 37.3 Å². The van der Waals surface area contributed by atoms with Crippen molar-refractivity contribution in [3.8, 4) is 0 Å². The summed E-state index contributed by atoms with van der Waals surface area (Å²) in [5.74, 6) is -1.06. The molecule has 1 aliphatic heterocycles. The van der Waals surface area contributed by atoms with E-state index in [1.54, 1.807) is 0 Å². The molecule has 1 heterocycles. The molecule has 1 aromatic carbocycles. The fourth-order valence-electron chi connectivity index (χ4n) is 3.01. The molecule has 1 aromatic rings. The molecule has 0 radical (unpaired) electrons. The van der Waals surface area contributed by atoms with Crippen LogP contribution in [-0.2, 0) is 0 Å². The molecule has 2 N–H and O–H groups in total. The van der Waals surface area contributed by atoms with Crippen LogP contribution in [0.3, 0.4) is 0 Å². The van der Waals surface area contributed by atoms with Gasteiger partial charge in [0.25, 0.3) is 0 Å². The zero-order valence-electron chi connectivity index (χ0n) is 12.3. The SMILES string of the molecule is CC(CN1CCCC(C(F)(F)F)C1)C(N)c1ccccc1. The standard InChI is InChI=1S/C16H23F3N2/c1-12(15(20)13-6-3-2-4-7-13)10-21-9-5-8-14(11-21)16(17,18)19/h2-4,6-7,12,14-15H,5,8-11,20H2,1H3. The lowest BCUT2D eigenvalue weighted by Gasteiger charge is -2.36. The van der Waals surface area contributed by atoms with E-state index in [-0.39, 0.29) is 24.9 Å². The number of benzene rings is 1. The van der Waals surface area contributed by atoms with Crippen molar-refractivity contribution in [2.24, 2.45) is 17.6 Å². The normalized spacial score (nSPS) is 23.8. The Labute approximate surface area is 124 Å². The van der Waals surface area contributed by atoms with Crippen LogP contribution in [0.4, 0.5) is 13.2 Å². The zero-order chi connectivity index (χ0) is 15.5. The van der Waals surface area contributed by atoms with E-state index in [9.17, 15) is 13.2 Å². The monoisotopic (exact) mass is 300 g/mol. The van der Waals surface area contributed by atoms with Crippen molar-refractivity contribution in [3.63, 3.8) is 0 Å². The van der Waals surface area contributed by atoms with Crippen LogP contribution in [0.1, 0.15) is 31.4 Å². The minimum atomic E-state index is -4.08. The number of hydrogen-bond acceptors (Lipinski definition) is 2. The summed E-state index contributed by atoms with van der Waals surface area (Å²) in [6.07, 6.45) is -3.22. The highest BCUT2D eigenvalue weighted by atomic mass is 19.4. The molecule has 5 heteroatoms. The van der Waals surface area contributed by atoms with Gasteiger partial charge in [-0.3, -0.25) is 0 Å². The number of nitrogens with two attached hydrogens (primary N) is 1. The summed E-state index contributed by atoms with van der Waals surface area (Å²) in [5.41, 5.74) is 7.26. The molecule has 2 rings (SSSR count). The molecule has 2 nitrogen and oxygen atoms in total. The van der Waals surface area contributed by atoms with Gasteiger partial charge >= 0.3 is 6.18 Å². The first-order chi connectivity index (χ1) is 9.88. The molecule has 0 saturated carbocycles. The first kappa shape index (κ1) is 16.3. The largest absolute Gasteiger partial charge is 0.393 e. The molecule has 3 atom stereocenters. The number of halogens is 3. The average Bonchev–Trinajstić information content (AvgIpc) is 2.47. The van der Waals surface area contributed by atoms with Gasteiger partial charge in [-0.25, -0.2) is 0 Å². The Bertz CT molecular complexity index is 433. The highest BCUT2D eigenvalue weighted by Gasteiger charge is 2.41. The molecule has 0 aliphatic carbocycles. The Kier molecular flexibility index (Phi) is 5.27. The van der Waals surface area contributed by atoms with E-state index < -0.39 is 12.1 Å². The summed E-state index contributed by atoms with van der Waals surface area (Å²) in [4.78, 5) is 1.91. The molecular weight excluding hydrogens is 277 g/mol. The smallest absolute Gasteiger partial charge is 0.324 e. The lowest BCUT2D eigenvalue weighted by molar-refractivity contribution is -0.187. The van der Waals surface area contributed by atoms with Gasteiger partial charge < -0.3 is 10.6 Å². The Morgan fingerprint density at radius 2 is 1.95 bits per heavy atom. The summed E-state index contributed by atoms with van der Waals surface area (Å²) in [6, 6.07) is 9.59. The van der Waals surface area contributed by atoms with Crippen LogP contribution in [0.25, 0.3) is 0 Å². The van der Waals surface area contributed by atoms with Gasteiger partial charge in [-0.2, -0.15) is 13.2 Å². The van der Waals surface area contributed by atoms with E-state index in [0.717, 1.165) is 12.1 Å². The number of likely N-dealkylation sites (tertiary alicyclic amines) is 1. The Morgan fingerprint density at radius 3 is 2.57 bits per heavy atom. The number of rotatable bonds is 4. The lowest BCUT2D eigenvalue weighted by atomic mass is 9.92. The van der Waals surface area contributed by atoms with E-state index in [4.69, 9.17) is 5.73 Å². The highest BCUT2D eigenvalue weighted by Crippen LogP contribution is 2.33. The maximum absolute atomic E-state index is 12.8. The summed E-state index contributed by atoms with van der Waals surface area (Å²) in [7, 11) is 0. The molecule has 0 aromatic heterocycles. The third-order valence-electron chi connectivity index (χ3n) is 4.31. The number of nitrogens with zero attached hydrogens (tertiary/aromatic N) is 1.